The highest BCUT2D eigenvalue weighted by molar-refractivity contribution is 7.20. The van der Waals surface area contributed by atoms with Gasteiger partial charge in [0.05, 0.1) is 35.4 Å². The van der Waals surface area contributed by atoms with Crippen LogP contribution in [0.1, 0.15) is 34.6 Å². The number of para-hydroxylation sites is 1. The largest absolute Gasteiger partial charge is 0.443 e. The van der Waals surface area contributed by atoms with Gasteiger partial charge in [0.25, 0.3) is 0 Å². The molecule has 0 saturated carbocycles. The summed E-state index contributed by atoms with van der Waals surface area (Å²) in [5.74, 6) is -1.56. The Morgan fingerprint density at radius 1 is 1.02 bits per heavy atom. The van der Waals surface area contributed by atoms with Crippen LogP contribution in [0.25, 0.3) is 10.2 Å². The number of hydrogen-bond acceptors (Lipinski definition) is 9. The van der Waals surface area contributed by atoms with E-state index in [1.807, 2.05) is 54.6 Å². The molecule has 42 heavy (non-hydrogen) atoms. The van der Waals surface area contributed by atoms with Gasteiger partial charge in [-0.2, -0.15) is 0 Å². The van der Waals surface area contributed by atoms with Crippen LogP contribution in [0.2, 0.25) is 0 Å². The normalized spacial score (nSPS) is 24.5. The number of thiazole rings is 1. The van der Waals surface area contributed by atoms with Crippen molar-refractivity contribution >= 4 is 45.2 Å². The van der Waals surface area contributed by atoms with E-state index in [9.17, 15) is 19.2 Å². The summed E-state index contributed by atoms with van der Waals surface area (Å²) in [5, 5.41) is 8.60. The molecule has 3 aliphatic rings. The zero-order chi connectivity index (χ0) is 29.1. The summed E-state index contributed by atoms with van der Waals surface area (Å²) in [5.41, 5.74) is 1.50. The number of carbonyl (C=O) groups excluding carboxylic acids is 4. The molecule has 3 N–H and O–H groups in total. The smallest absolute Gasteiger partial charge is 0.408 e. The number of rotatable bonds is 10. The third-order valence-electron chi connectivity index (χ3n) is 7.96. The lowest BCUT2D eigenvalue weighted by atomic mass is 9.95. The Bertz CT molecular complexity index is 1430. The number of hydrogen-bond donors (Lipinski definition) is 3. The summed E-state index contributed by atoms with van der Waals surface area (Å²) in [6, 6.07) is 14.6. The number of nitrogens with one attached hydrogen (secondary N) is 3. The second kappa shape index (κ2) is 12.6. The molecule has 1 aromatic heterocycles. The van der Waals surface area contributed by atoms with Crippen molar-refractivity contribution < 1.29 is 33.4 Å². The quantitative estimate of drug-likeness (QED) is 0.305. The first-order chi connectivity index (χ1) is 20.4. The molecular formula is C30H32N4O7S. The number of nitrogens with zero attached hydrogens (tertiary/aromatic N) is 1. The summed E-state index contributed by atoms with van der Waals surface area (Å²) < 4.78 is 17.6. The van der Waals surface area contributed by atoms with Gasteiger partial charge in [-0.3, -0.25) is 14.4 Å². The van der Waals surface area contributed by atoms with Crippen LogP contribution in [-0.2, 0) is 30.2 Å². The zero-order valence-corrected chi connectivity index (χ0v) is 23.6. The maximum absolute atomic E-state index is 13.8. The first-order valence-corrected chi connectivity index (χ1v) is 15.0. The van der Waals surface area contributed by atoms with Crippen LogP contribution in [0.15, 0.2) is 54.6 Å². The van der Waals surface area contributed by atoms with Crippen LogP contribution in [0.5, 0.6) is 0 Å². The van der Waals surface area contributed by atoms with Gasteiger partial charge in [-0.1, -0.05) is 42.5 Å². The van der Waals surface area contributed by atoms with Crippen molar-refractivity contribution in [2.24, 2.45) is 11.8 Å². The Balaban J connectivity index is 1.20. The maximum Gasteiger partial charge on any atom is 0.408 e. The highest BCUT2D eigenvalue weighted by Crippen LogP contribution is 2.33. The van der Waals surface area contributed by atoms with E-state index >= 15 is 0 Å². The molecule has 0 aliphatic carbocycles. The molecule has 11 nitrogen and oxygen atoms in total. The molecule has 6 atom stereocenters. The highest BCUT2D eigenvalue weighted by atomic mass is 32.1. The second-order valence-corrected chi connectivity index (χ2v) is 11.8. The number of carbonyl (C=O) groups is 4. The monoisotopic (exact) mass is 592 g/mol. The van der Waals surface area contributed by atoms with Crippen LogP contribution in [0.4, 0.5) is 4.79 Å². The van der Waals surface area contributed by atoms with Gasteiger partial charge in [0.2, 0.25) is 17.6 Å². The molecule has 3 aliphatic heterocycles. The highest BCUT2D eigenvalue weighted by Gasteiger charge is 2.44. The van der Waals surface area contributed by atoms with Crippen molar-refractivity contribution in [2.75, 3.05) is 19.8 Å². The van der Waals surface area contributed by atoms with E-state index in [0.717, 1.165) is 16.7 Å². The topological polar surface area (TPSA) is 145 Å². The number of amides is 3. The van der Waals surface area contributed by atoms with E-state index in [0.29, 0.717) is 25.1 Å². The van der Waals surface area contributed by atoms with Crippen molar-refractivity contribution in [1.29, 1.82) is 0 Å². The number of ether oxygens (including phenoxy) is 3. The molecule has 3 amide bonds. The van der Waals surface area contributed by atoms with E-state index < -0.39 is 36.1 Å². The van der Waals surface area contributed by atoms with Crippen LogP contribution in [-0.4, -0.2) is 72.9 Å². The van der Waals surface area contributed by atoms with E-state index in [1.54, 1.807) is 0 Å². The number of Topliss-reactive ketones (excluding diaryl/α,β-unsaturated/α-hetero) is 1. The van der Waals surface area contributed by atoms with Crippen molar-refractivity contribution in [2.45, 2.75) is 50.2 Å². The molecule has 6 rings (SSSR count). The molecule has 2 aromatic carbocycles. The number of ketones is 1. The van der Waals surface area contributed by atoms with Crippen molar-refractivity contribution in [3.8, 4) is 0 Å². The minimum absolute atomic E-state index is 0.0504. The maximum atomic E-state index is 13.8. The van der Waals surface area contributed by atoms with Crippen LogP contribution < -0.4 is 16.0 Å². The van der Waals surface area contributed by atoms with Crippen LogP contribution in [0.3, 0.4) is 0 Å². The van der Waals surface area contributed by atoms with E-state index in [4.69, 9.17) is 14.2 Å². The number of fused-ring (bicyclic) bond motifs is 2. The third-order valence-corrected chi connectivity index (χ3v) is 9.01. The summed E-state index contributed by atoms with van der Waals surface area (Å²) in [6.45, 7) is 1.28. The number of alkyl carbamates (subject to hydrolysis) is 1. The lowest BCUT2D eigenvalue weighted by Crippen LogP contribution is -2.53. The van der Waals surface area contributed by atoms with Gasteiger partial charge in [-0.25, -0.2) is 9.78 Å². The summed E-state index contributed by atoms with van der Waals surface area (Å²) in [7, 11) is 0. The van der Waals surface area contributed by atoms with Gasteiger partial charge in [-0.15, -0.1) is 11.3 Å². The molecule has 0 unspecified atom stereocenters. The molecule has 3 fully saturated rings. The third kappa shape index (κ3) is 6.30. The van der Waals surface area contributed by atoms with Gasteiger partial charge in [0, 0.05) is 18.9 Å². The van der Waals surface area contributed by atoms with Crippen molar-refractivity contribution in [1.82, 2.24) is 20.9 Å². The Morgan fingerprint density at radius 2 is 1.83 bits per heavy atom. The zero-order valence-electron chi connectivity index (χ0n) is 22.8. The average molecular weight is 593 g/mol. The van der Waals surface area contributed by atoms with Gasteiger partial charge < -0.3 is 30.2 Å². The fourth-order valence-corrected chi connectivity index (χ4v) is 6.67. The Hall–Kier alpha value is -3.87. The standard InChI is InChI=1S/C30H32N4O7S/c35-25(28-33-20-8-4-5-9-24(20)42-28)21(15-18-10-12-31-26(18)36)32-27(37)22(14-17-6-2-1-3-7-17)34-30(38)41-23-16-40-29-19(23)11-13-39-29/h1-9,18-19,21-23,29H,10-16H2,(H,31,36)(H,32,37)(H,34,38)/t18-,19-,21-,22-,23-,29+/m0/s1. The molecule has 4 heterocycles. The molecule has 3 aromatic rings. The van der Waals surface area contributed by atoms with Gasteiger partial charge in [0.1, 0.15) is 12.1 Å². The predicted octanol–water partition coefficient (Wildman–Crippen LogP) is 2.59. The molecular weight excluding hydrogens is 560 g/mol. The molecule has 0 bridgehead atoms. The molecule has 0 spiro atoms. The summed E-state index contributed by atoms with van der Waals surface area (Å²) >= 11 is 1.24. The Kier molecular flexibility index (Phi) is 8.45. The first kappa shape index (κ1) is 28.3. The van der Waals surface area contributed by atoms with Crippen molar-refractivity contribution in [3.63, 3.8) is 0 Å². The van der Waals surface area contributed by atoms with E-state index in [2.05, 4.69) is 20.9 Å². The molecule has 3 saturated heterocycles. The summed E-state index contributed by atoms with van der Waals surface area (Å²) in [4.78, 5) is 57.4. The molecule has 220 valence electrons. The molecule has 0 radical (unpaired) electrons. The van der Waals surface area contributed by atoms with Gasteiger partial charge >= 0.3 is 6.09 Å². The minimum Gasteiger partial charge on any atom is -0.443 e. The average Bonchev–Trinajstić information content (AvgIpc) is 3.79. The summed E-state index contributed by atoms with van der Waals surface area (Å²) in [6.07, 6.45) is -0.0367. The SMILES string of the molecule is O=C(N[C@@H](Cc1ccccc1)C(=O)N[C@@H](C[C@@H]1CCNC1=O)C(=O)c1nc2ccccc2s1)O[C@H]1CO[C@H]2OCC[C@H]21. The fourth-order valence-electron chi connectivity index (χ4n) is 5.71. The number of aromatic nitrogens is 1. The van der Waals surface area contributed by atoms with Crippen molar-refractivity contribution in [3.05, 3.63) is 65.2 Å². The molecule has 12 heteroatoms. The van der Waals surface area contributed by atoms with Crippen LogP contribution in [0, 0.1) is 11.8 Å². The second-order valence-electron chi connectivity index (χ2n) is 10.8. The predicted molar refractivity (Wildman–Crippen MR) is 153 cm³/mol. The Morgan fingerprint density at radius 3 is 2.62 bits per heavy atom. The van der Waals surface area contributed by atoms with E-state index in [1.165, 1.54) is 11.3 Å². The lowest BCUT2D eigenvalue weighted by Gasteiger charge is -2.24. The number of benzene rings is 2. The Labute approximate surface area is 246 Å². The van der Waals surface area contributed by atoms with E-state index in [-0.39, 0.29) is 48.4 Å². The van der Waals surface area contributed by atoms with Gasteiger partial charge in [0.15, 0.2) is 11.3 Å². The first-order valence-electron chi connectivity index (χ1n) is 14.2. The fraction of sp³-hybridized carbons (Fsp3) is 0.433. The lowest BCUT2D eigenvalue weighted by molar-refractivity contribution is -0.125. The minimum atomic E-state index is -1.04. The van der Waals surface area contributed by atoms with Crippen LogP contribution >= 0.6 is 11.3 Å². The van der Waals surface area contributed by atoms with Gasteiger partial charge in [-0.05, 0) is 37.0 Å².